The maximum absolute atomic E-state index is 13.6. The Hall–Kier alpha value is -7.84. The number of nitrogens with two attached hydrogens (primary N) is 2. The monoisotopic (exact) mass is 1080 g/mol. The minimum absolute atomic E-state index is 0.272. The number of hydrogen-bond acceptors (Lipinski definition) is 18. The number of aromatic nitrogens is 1. The number of aliphatic carboxylic acids is 2. The van der Waals surface area contributed by atoms with E-state index < -0.39 is 182 Å². The van der Waals surface area contributed by atoms with Crippen molar-refractivity contribution in [3.05, 3.63) is 36.0 Å². The Morgan fingerprint density at radius 3 is 1.54 bits per heavy atom. The molecular weight excluding hydrogens is 1010 g/mol. The van der Waals surface area contributed by atoms with Crippen LogP contribution in [0.15, 0.2) is 30.5 Å². The van der Waals surface area contributed by atoms with Gasteiger partial charge in [0, 0.05) is 23.5 Å². The first kappa shape index (κ1) is 64.3. The number of carbonyl (C=O) groups is 12. The van der Waals surface area contributed by atoms with E-state index in [1.807, 2.05) is 16.0 Å². The summed E-state index contributed by atoms with van der Waals surface area (Å²) in [6.45, 7) is 3.21. The molecule has 2 aromatic rings. The zero-order chi connectivity index (χ0) is 57.7. The van der Waals surface area contributed by atoms with E-state index in [1.165, 1.54) is 13.1 Å². The third kappa shape index (κ3) is 19.8. The highest BCUT2D eigenvalue weighted by Gasteiger charge is 2.37. The molecule has 0 aliphatic carbocycles. The van der Waals surface area contributed by atoms with Crippen LogP contribution in [0.3, 0.4) is 0 Å². The number of hydrogen-bond donors (Lipinski definition) is 19. The molecule has 1 aromatic heterocycles. The summed E-state index contributed by atoms with van der Waals surface area (Å²) in [5.74, 6) is -15.9. The smallest absolute Gasteiger partial charge is 0.328 e. The largest absolute Gasteiger partial charge is 0.481 e. The Kier molecular flexibility index (Phi) is 25.8. The lowest BCUT2D eigenvalue weighted by Gasteiger charge is -2.28. The van der Waals surface area contributed by atoms with Crippen molar-refractivity contribution in [1.82, 2.24) is 52.8 Å². The maximum atomic E-state index is 13.6. The number of para-hydroxylation sites is 1. The van der Waals surface area contributed by atoms with E-state index in [2.05, 4.69) is 36.9 Å². The van der Waals surface area contributed by atoms with E-state index >= 15 is 0 Å². The molecule has 2 rings (SSSR count). The van der Waals surface area contributed by atoms with E-state index in [0.29, 0.717) is 22.9 Å². The summed E-state index contributed by atoms with van der Waals surface area (Å²) < 4.78 is 0. The van der Waals surface area contributed by atoms with Gasteiger partial charge >= 0.3 is 11.9 Å². The third-order valence-corrected chi connectivity index (χ3v) is 11.6. The highest BCUT2D eigenvalue weighted by atomic mass is 16.4. The Bertz CT molecular complexity index is 2410. The number of H-pyrrole nitrogens is 1. The van der Waals surface area contributed by atoms with Crippen LogP contribution in [0.1, 0.15) is 59.4 Å². The van der Waals surface area contributed by atoms with E-state index in [0.717, 1.165) is 13.8 Å². The molecule has 1 heterocycles. The third-order valence-electron chi connectivity index (χ3n) is 11.6. The van der Waals surface area contributed by atoms with Crippen molar-refractivity contribution < 1.29 is 93.3 Å². The van der Waals surface area contributed by atoms with E-state index in [4.69, 9.17) is 11.5 Å². The van der Waals surface area contributed by atoms with Crippen LogP contribution in [-0.2, 0) is 64.0 Å². The van der Waals surface area contributed by atoms with Gasteiger partial charge in [0.25, 0.3) is 0 Å². The molecule has 0 unspecified atom stereocenters. The summed E-state index contributed by atoms with van der Waals surface area (Å²) in [5.41, 5.74) is 12.0. The molecule has 76 heavy (non-hydrogen) atoms. The lowest BCUT2D eigenvalue weighted by atomic mass is 9.97. The average Bonchev–Trinajstić information content (AvgIpc) is 3.76. The van der Waals surface area contributed by atoms with Crippen LogP contribution < -0.4 is 59.3 Å². The van der Waals surface area contributed by atoms with Crippen LogP contribution in [0.5, 0.6) is 0 Å². The second-order valence-corrected chi connectivity index (χ2v) is 17.7. The number of benzene rings is 1. The number of aromatic amines is 1. The summed E-state index contributed by atoms with van der Waals surface area (Å²) in [5, 5.41) is 89.2. The first-order valence-corrected chi connectivity index (χ1v) is 23.6. The number of primary amides is 1. The zero-order valence-electron chi connectivity index (χ0n) is 42.0. The van der Waals surface area contributed by atoms with Crippen molar-refractivity contribution in [2.45, 2.75) is 133 Å². The number of nitrogens with one attached hydrogen (secondary N) is 10. The minimum Gasteiger partial charge on any atom is -0.481 e. The molecule has 1 aromatic carbocycles. The lowest BCUT2D eigenvalue weighted by Crippen LogP contribution is -2.62. The molecule has 0 bridgehead atoms. The molecule has 0 saturated heterocycles. The average molecular weight is 1080 g/mol. The molecule has 0 spiro atoms. The fraction of sp³-hybridized carbons (Fsp3) is 0.556. The molecule has 10 amide bonds. The first-order valence-electron chi connectivity index (χ1n) is 23.6. The Labute approximate surface area is 433 Å². The molecular formula is C45H68N12O19. The van der Waals surface area contributed by atoms with E-state index in [9.17, 15) is 93.3 Å². The van der Waals surface area contributed by atoms with Crippen molar-refractivity contribution >= 4 is 81.9 Å². The summed E-state index contributed by atoms with van der Waals surface area (Å²) in [6.07, 6.45) is -5.19. The van der Waals surface area contributed by atoms with Gasteiger partial charge in [-0.15, -0.1) is 0 Å². The number of aliphatic hydroxyl groups is 5. The van der Waals surface area contributed by atoms with Crippen molar-refractivity contribution in [2.75, 3.05) is 19.8 Å². The van der Waals surface area contributed by atoms with Gasteiger partial charge in [0.2, 0.25) is 59.1 Å². The quantitative estimate of drug-likeness (QED) is 0.0323. The molecule has 0 saturated carbocycles. The summed E-state index contributed by atoms with van der Waals surface area (Å²) in [4.78, 5) is 158. The van der Waals surface area contributed by atoms with Gasteiger partial charge in [0.1, 0.15) is 48.3 Å². The van der Waals surface area contributed by atoms with E-state index in [1.54, 1.807) is 38.1 Å². The standard InChI is InChI=1S/C45H68N12O19/c1-6-18(2)34(56-42(72)33(47)19(3)60)43(73)54-29(17-59)41(71)50-26(12-30(46)63)38(68)53-28(16-58)40(70)51-27(13-32(65)66)37(67)49-15-31(64)55-35(20(4)61)44(74)52-25(39(69)57-36(21(5)62)45(75)76)11-22-14-48-24-10-8-7-9-23(22)24/h7-10,14,18-21,25-29,33-36,48,58-62H,6,11-13,15-17,47H2,1-5H3,(H2,46,63)(H,49,67)(H,50,71)(H,51,70)(H,52,74)(H,53,68)(H,54,73)(H,55,64)(H,56,72)(H,57,69)(H,65,66)(H,75,76)/t18-,19+,20+,21+,25-,26-,27-,28-,29-,33-,34-,35-,36-/m0/s1. The Morgan fingerprint density at radius 1 is 0.566 bits per heavy atom. The van der Waals surface area contributed by atoms with Gasteiger partial charge in [-0.05, 0) is 38.3 Å². The number of rotatable bonds is 32. The first-order chi connectivity index (χ1) is 35.6. The van der Waals surface area contributed by atoms with Crippen LogP contribution in [0.2, 0.25) is 0 Å². The fourth-order valence-corrected chi connectivity index (χ4v) is 6.99. The Balaban J connectivity index is 2.21. The van der Waals surface area contributed by atoms with Gasteiger partial charge in [-0.3, -0.25) is 52.7 Å². The molecule has 422 valence electrons. The van der Waals surface area contributed by atoms with Gasteiger partial charge < -0.3 is 100 Å². The number of carboxylic acids is 2. The minimum atomic E-state index is -2.05. The number of carbonyl (C=O) groups excluding carboxylic acids is 10. The molecule has 31 heteroatoms. The molecule has 31 nitrogen and oxygen atoms in total. The SMILES string of the molecule is CC[C@H](C)[C@H](NC(=O)[C@@H](N)[C@@H](C)O)C(=O)N[C@@H](CO)C(=O)N[C@@H](CC(N)=O)C(=O)N[C@@H](CO)C(=O)N[C@@H](CC(=O)O)C(=O)NCC(=O)N[C@H](C(=O)N[C@@H](Cc1c[nH]c2ccccc12)C(=O)N[C@H](C(=O)O)[C@@H](C)O)[C@@H](C)O. The van der Waals surface area contributed by atoms with Crippen LogP contribution in [-0.4, -0.2) is 204 Å². The van der Waals surface area contributed by atoms with Crippen LogP contribution in [0, 0.1) is 5.92 Å². The van der Waals surface area contributed by atoms with Crippen molar-refractivity contribution in [2.24, 2.45) is 17.4 Å². The number of carboxylic acid groups (broad SMARTS) is 2. The van der Waals surface area contributed by atoms with Gasteiger partial charge in [-0.25, -0.2) is 4.79 Å². The van der Waals surface area contributed by atoms with Crippen LogP contribution in [0.4, 0.5) is 0 Å². The van der Waals surface area contributed by atoms with Crippen molar-refractivity contribution in [1.29, 1.82) is 0 Å². The number of fused-ring (bicyclic) bond motifs is 1. The van der Waals surface area contributed by atoms with Crippen molar-refractivity contribution in [3.8, 4) is 0 Å². The normalized spacial score (nSPS) is 16.3. The van der Waals surface area contributed by atoms with Crippen LogP contribution in [0.25, 0.3) is 10.9 Å². The van der Waals surface area contributed by atoms with Gasteiger partial charge in [-0.1, -0.05) is 38.5 Å². The van der Waals surface area contributed by atoms with Gasteiger partial charge in [0.05, 0.1) is 50.9 Å². The fourth-order valence-electron chi connectivity index (χ4n) is 6.99. The number of aliphatic hydroxyl groups excluding tert-OH is 5. The van der Waals surface area contributed by atoms with Crippen molar-refractivity contribution in [3.63, 3.8) is 0 Å². The van der Waals surface area contributed by atoms with E-state index in [-0.39, 0.29) is 6.42 Å². The zero-order valence-corrected chi connectivity index (χ0v) is 42.0. The molecule has 0 radical (unpaired) electrons. The molecule has 13 atom stereocenters. The highest BCUT2D eigenvalue weighted by molar-refractivity contribution is 6.00. The lowest BCUT2D eigenvalue weighted by molar-refractivity contribution is -0.145. The second-order valence-electron chi connectivity index (χ2n) is 17.7. The summed E-state index contributed by atoms with van der Waals surface area (Å²) in [6, 6.07) is -9.14. The molecule has 21 N–H and O–H groups in total. The second kappa shape index (κ2) is 30.5. The summed E-state index contributed by atoms with van der Waals surface area (Å²) >= 11 is 0. The Morgan fingerprint density at radius 2 is 1.04 bits per heavy atom. The van der Waals surface area contributed by atoms with Crippen LogP contribution >= 0.6 is 0 Å². The predicted molar refractivity (Wildman–Crippen MR) is 261 cm³/mol. The molecule has 0 fully saturated rings. The predicted octanol–water partition coefficient (Wildman–Crippen LogP) is -8.36. The molecule has 0 aliphatic heterocycles. The summed E-state index contributed by atoms with van der Waals surface area (Å²) in [7, 11) is 0. The topological polar surface area (TPSA) is 523 Å². The highest BCUT2D eigenvalue weighted by Crippen LogP contribution is 2.20. The van der Waals surface area contributed by atoms with Gasteiger partial charge in [-0.2, -0.15) is 0 Å². The maximum Gasteiger partial charge on any atom is 0.328 e. The molecule has 0 aliphatic rings. The number of amides is 10. The van der Waals surface area contributed by atoms with Gasteiger partial charge in [0.15, 0.2) is 6.04 Å².